The lowest BCUT2D eigenvalue weighted by molar-refractivity contribution is 0.269. The van der Waals surface area contributed by atoms with Crippen LogP contribution in [0.1, 0.15) is 5.69 Å². The Labute approximate surface area is 110 Å². The molecule has 0 bridgehead atoms. The summed E-state index contributed by atoms with van der Waals surface area (Å²) < 4.78 is 27.7. The number of nitrogens with one attached hydrogen (secondary N) is 2. The number of aliphatic hydroxyl groups excluding tert-OH is 1. The third-order valence-electron chi connectivity index (χ3n) is 2.49. The van der Waals surface area contributed by atoms with E-state index in [0.29, 0.717) is 6.42 Å². The van der Waals surface area contributed by atoms with Crippen molar-refractivity contribution in [1.82, 2.24) is 24.5 Å². The molecule has 9 heteroatoms. The maximum Gasteiger partial charge on any atom is 0.243 e. The standard InChI is InChI=1S/C10H15N5O3S/c16-4-3-15-7-10(6-13-15)19(17,18)14-2-1-9-5-11-8-12-9/h5-8,14,16H,1-4H2,(H,11,12). The Balaban J connectivity index is 1.93. The van der Waals surface area contributed by atoms with Crippen LogP contribution in [-0.4, -0.2) is 46.4 Å². The lowest BCUT2D eigenvalue weighted by Gasteiger charge is -2.03. The molecular formula is C10H15N5O3S. The second-order valence-electron chi connectivity index (χ2n) is 3.89. The average Bonchev–Trinajstić information content (AvgIpc) is 3.00. The normalized spacial score (nSPS) is 11.8. The molecule has 0 aliphatic carbocycles. The summed E-state index contributed by atoms with van der Waals surface area (Å²) in [5.74, 6) is 0. The fraction of sp³-hybridized carbons (Fsp3) is 0.400. The van der Waals surface area contributed by atoms with E-state index < -0.39 is 10.0 Å². The zero-order valence-electron chi connectivity index (χ0n) is 10.2. The fourth-order valence-corrected chi connectivity index (χ4v) is 2.52. The summed E-state index contributed by atoms with van der Waals surface area (Å²) >= 11 is 0. The van der Waals surface area contributed by atoms with Gasteiger partial charge in [0, 0.05) is 31.1 Å². The van der Waals surface area contributed by atoms with Crippen LogP contribution < -0.4 is 4.72 Å². The van der Waals surface area contributed by atoms with Crippen LogP contribution in [-0.2, 0) is 23.0 Å². The number of hydrogen-bond acceptors (Lipinski definition) is 5. The molecule has 0 radical (unpaired) electrons. The largest absolute Gasteiger partial charge is 0.394 e. The molecule has 0 unspecified atom stereocenters. The van der Waals surface area contributed by atoms with E-state index in [1.165, 1.54) is 17.1 Å². The number of aliphatic hydroxyl groups is 1. The minimum atomic E-state index is -3.56. The van der Waals surface area contributed by atoms with E-state index in [9.17, 15) is 8.42 Å². The van der Waals surface area contributed by atoms with Crippen molar-refractivity contribution in [1.29, 1.82) is 0 Å². The lowest BCUT2D eigenvalue weighted by atomic mass is 10.3. The van der Waals surface area contributed by atoms with Crippen LogP contribution in [0.25, 0.3) is 0 Å². The summed E-state index contributed by atoms with van der Waals surface area (Å²) in [6.45, 7) is 0.452. The first-order valence-corrected chi connectivity index (χ1v) is 7.20. The van der Waals surface area contributed by atoms with Gasteiger partial charge in [-0.1, -0.05) is 0 Å². The molecule has 0 aliphatic heterocycles. The van der Waals surface area contributed by atoms with Crippen molar-refractivity contribution in [3.63, 3.8) is 0 Å². The Bertz CT molecular complexity index is 605. The number of rotatable bonds is 7. The van der Waals surface area contributed by atoms with Gasteiger partial charge in [0.2, 0.25) is 10.0 Å². The number of sulfonamides is 1. The molecule has 0 saturated carbocycles. The molecule has 8 nitrogen and oxygen atoms in total. The first kappa shape index (κ1) is 13.7. The molecule has 2 aromatic heterocycles. The van der Waals surface area contributed by atoms with Gasteiger partial charge in [0.05, 0.1) is 25.7 Å². The minimum Gasteiger partial charge on any atom is -0.394 e. The summed E-state index contributed by atoms with van der Waals surface area (Å²) in [4.78, 5) is 6.83. The van der Waals surface area contributed by atoms with Crippen molar-refractivity contribution < 1.29 is 13.5 Å². The Hall–Kier alpha value is -1.71. The van der Waals surface area contributed by atoms with Crippen molar-refractivity contribution in [2.24, 2.45) is 0 Å². The topological polar surface area (TPSA) is 113 Å². The predicted molar refractivity (Wildman–Crippen MR) is 66.8 cm³/mol. The number of nitrogens with zero attached hydrogens (tertiary/aromatic N) is 3. The molecule has 0 spiro atoms. The molecule has 104 valence electrons. The molecule has 0 aromatic carbocycles. The highest BCUT2D eigenvalue weighted by molar-refractivity contribution is 7.89. The van der Waals surface area contributed by atoms with E-state index in [2.05, 4.69) is 19.8 Å². The quantitative estimate of drug-likeness (QED) is 0.611. The van der Waals surface area contributed by atoms with Crippen LogP contribution in [0, 0.1) is 0 Å². The third-order valence-corrected chi connectivity index (χ3v) is 3.91. The van der Waals surface area contributed by atoms with Crippen molar-refractivity contribution >= 4 is 10.0 Å². The van der Waals surface area contributed by atoms with Crippen LogP contribution in [0.5, 0.6) is 0 Å². The zero-order chi connectivity index (χ0) is 13.7. The van der Waals surface area contributed by atoms with Gasteiger partial charge in [0.15, 0.2) is 0 Å². The Morgan fingerprint density at radius 3 is 2.95 bits per heavy atom. The summed E-state index contributed by atoms with van der Waals surface area (Å²) in [5.41, 5.74) is 0.860. The zero-order valence-corrected chi connectivity index (χ0v) is 11.0. The molecule has 2 rings (SSSR count). The monoisotopic (exact) mass is 285 g/mol. The number of hydrogen-bond donors (Lipinski definition) is 3. The number of imidazole rings is 1. The van der Waals surface area contributed by atoms with E-state index in [1.54, 1.807) is 12.5 Å². The molecular weight excluding hydrogens is 270 g/mol. The van der Waals surface area contributed by atoms with Crippen LogP contribution in [0.3, 0.4) is 0 Å². The first-order valence-electron chi connectivity index (χ1n) is 5.72. The summed E-state index contributed by atoms with van der Waals surface area (Å²) in [7, 11) is -3.56. The summed E-state index contributed by atoms with van der Waals surface area (Å²) in [6, 6.07) is 0. The Kier molecular flexibility index (Phi) is 4.30. The highest BCUT2D eigenvalue weighted by Crippen LogP contribution is 2.06. The molecule has 19 heavy (non-hydrogen) atoms. The van der Waals surface area contributed by atoms with Gasteiger partial charge in [-0.15, -0.1) is 0 Å². The average molecular weight is 285 g/mol. The molecule has 0 saturated heterocycles. The second kappa shape index (κ2) is 5.95. The number of aromatic nitrogens is 4. The number of H-pyrrole nitrogens is 1. The highest BCUT2D eigenvalue weighted by atomic mass is 32.2. The molecule has 2 heterocycles. The summed E-state index contributed by atoms with van der Waals surface area (Å²) in [6.07, 6.45) is 6.36. The van der Waals surface area contributed by atoms with Crippen LogP contribution in [0.15, 0.2) is 29.8 Å². The van der Waals surface area contributed by atoms with Gasteiger partial charge in [-0.3, -0.25) is 4.68 Å². The minimum absolute atomic E-state index is 0.0885. The van der Waals surface area contributed by atoms with Crippen molar-refractivity contribution in [2.45, 2.75) is 17.9 Å². The van der Waals surface area contributed by atoms with E-state index in [-0.39, 0.29) is 24.6 Å². The van der Waals surface area contributed by atoms with E-state index in [1.807, 2.05) is 0 Å². The SMILES string of the molecule is O=S(=O)(NCCc1cnc[nH]1)c1cnn(CCO)c1. The van der Waals surface area contributed by atoms with Gasteiger partial charge in [-0.25, -0.2) is 18.1 Å². The van der Waals surface area contributed by atoms with Crippen molar-refractivity contribution in [2.75, 3.05) is 13.2 Å². The van der Waals surface area contributed by atoms with E-state index in [0.717, 1.165) is 5.69 Å². The van der Waals surface area contributed by atoms with Crippen LogP contribution in [0.2, 0.25) is 0 Å². The fourth-order valence-electron chi connectivity index (χ4n) is 1.53. The van der Waals surface area contributed by atoms with Crippen LogP contribution in [0.4, 0.5) is 0 Å². The molecule has 0 amide bonds. The second-order valence-corrected chi connectivity index (χ2v) is 5.65. The third kappa shape index (κ3) is 3.63. The molecule has 2 aromatic rings. The Morgan fingerprint density at radius 2 is 2.26 bits per heavy atom. The van der Waals surface area contributed by atoms with Gasteiger partial charge in [0.25, 0.3) is 0 Å². The van der Waals surface area contributed by atoms with Gasteiger partial charge in [0.1, 0.15) is 4.90 Å². The smallest absolute Gasteiger partial charge is 0.243 e. The van der Waals surface area contributed by atoms with Gasteiger partial charge in [-0.05, 0) is 0 Å². The Morgan fingerprint density at radius 1 is 1.42 bits per heavy atom. The molecule has 0 fully saturated rings. The molecule has 0 aliphatic rings. The molecule has 3 N–H and O–H groups in total. The highest BCUT2D eigenvalue weighted by Gasteiger charge is 2.15. The van der Waals surface area contributed by atoms with Gasteiger partial charge >= 0.3 is 0 Å². The molecule has 0 atom stereocenters. The lowest BCUT2D eigenvalue weighted by Crippen LogP contribution is -2.25. The maximum atomic E-state index is 11.9. The van der Waals surface area contributed by atoms with Crippen molar-refractivity contribution in [3.05, 3.63) is 30.6 Å². The van der Waals surface area contributed by atoms with E-state index in [4.69, 9.17) is 5.11 Å². The van der Waals surface area contributed by atoms with Gasteiger partial charge < -0.3 is 10.1 Å². The number of aromatic amines is 1. The maximum absolute atomic E-state index is 11.9. The summed E-state index contributed by atoms with van der Waals surface area (Å²) in [5, 5.41) is 12.6. The van der Waals surface area contributed by atoms with Gasteiger partial charge in [-0.2, -0.15) is 5.10 Å². The first-order chi connectivity index (χ1) is 9.12. The van der Waals surface area contributed by atoms with Crippen molar-refractivity contribution in [3.8, 4) is 0 Å². The van der Waals surface area contributed by atoms with E-state index >= 15 is 0 Å². The van der Waals surface area contributed by atoms with Crippen LogP contribution >= 0.6 is 0 Å². The predicted octanol–water partition coefficient (Wildman–Crippen LogP) is -0.881.